The first-order valence-corrected chi connectivity index (χ1v) is 32.1. The number of unbranched alkanes of at least 4 members (excludes halogenated alkanes) is 33. The van der Waals surface area contributed by atoms with E-state index in [1.165, 1.54) is 193 Å². The van der Waals surface area contributed by atoms with Crippen LogP contribution >= 0.6 is 0 Å². The smallest absolute Gasteiger partial charge is 0.306 e. The van der Waals surface area contributed by atoms with E-state index in [4.69, 9.17) is 14.2 Å². The Labute approximate surface area is 465 Å². The van der Waals surface area contributed by atoms with Gasteiger partial charge in [0.05, 0.1) is 0 Å². The first-order valence-electron chi connectivity index (χ1n) is 32.1. The van der Waals surface area contributed by atoms with Crippen molar-refractivity contribution in [2.24, 2.45) is 0 Å². The van der Waals surface area contributed by atoms with Crippen molar-refractivity contribution in [2.45, 2.75) is 322 Å². The highest BCUT2D eigenvalue weighted by Gasteiger charge is 2.19. The highest BCUT2D eigenvalue weighted by atomic mass is 16.6. The first kappa shape index (κ1) is 71.6. The molecule has 1 atom stereocenters. The fourth-order valence-corrected chi connectivity index (χ4v) is 9.06. The molecule has 0 saturated carbocycles. The zero-order chi connectivity index (χ0) is 54.3. The maximum Gasteiger partial charge on any atom is 0.306 e. The fraction of sp³-hybridized carbons (Fsp3) is 0.754. The summed E-state index contributed by atoms with van der Waals surface area (Å²) in [6.07, 6.45) is 83.1. The SMILES string of the molecule is CC/C=C\C/C=C\C/C=C\C/C=C\C/C=C\CCCC(=O)OC(COC(=O)CCCCCCCCC/C=C\CCCCCCCC)COC(=O)CCCCCCCCCCCCC/C=C\CCCCCCCCCC. The van der Waals surface area contributed by atoms with Gasteiger partial charge in [0.2, 0.25) is 0 Å². The minimum Gasteiger partial charge on any atom is -0.462 e. The lowest BCUT2D eigenvalue weighted by atomic mass is 10.0. The highest BCUT2D eigenvalue weighted by molar-refractivity contribution is 5.71. The number of rotatable bonds is 58. The van der Waals surface area contributed by atoms with Crippen LogP contribution in [0.2, 0.25) is 0 Å². The van der Waals surface area contributed by atoms with Gasteiger partial charge in [-0.25, -0.2) is 0 Å². The molecule has 6 nitrogen and oxygen atoms in total. The van der Waals surface area contributed by atoms with Crippen LogP contribution in [0.3, 0.4) is 0 Å². The second-order valence-electron chi connectivity index (χ2n) is 21.3. The van der Waals surface area contributed by atoms with E-state index in [9.17, 15) is 14.4 Å². The Morgan fingerprint density at radius 2 is 0.533 bits per heavy atom. The second-order valence-corrected chi connectivity index (χ2v) is 21.3. The molecule has 0 aromatic heterocycles. The van der Waals surface area contributed by atoms with E-state index in [1.807, 2.05) is 0 Å². The maximum atomic E-state index is 12.9. The van der Waals surface area contributed by atoms with Crippen LogP contribution in [-0.2, 0) is 28.6 Å². The van der Waals surface area contributed by atoms with Crippen LogP contribution in [0.25, 0.3) is 0 Å². The van der Waals surface area contributed by atoms with Crippen LogP contribution in [0.1, 0.15) is 316 Å². The average molecular weight is 1050 g/mol. The number of hydrogen-bond donors (Lipinski definition) is 0. The van der Waals surface area contributed by atoms with Gasteiger partial charge in [0.25, 0.3) is 0 Å². The van der Waals surface area contributed by atoms with E-state index in [0.29, 0.717) is 19.3 Å². The Morgan fingerprint density at radius 3 is 0.867 bits per heavy atom. The van der Waals surface area contributed by atoms with Gasteiger partial charge < -0.3 is 14.2 Å². The van der Waals surface area contributed by atoms with E-state index in [-0.39, 0.29) is 37.5 Å². The van der Waals surface area contributed by atoms with Crippen LogP contribution in [0.15, 0.2) is 85.1 Å². The summed E-state index contributed by atoms with van der Waals surface area (Å²) < 4.78 is 16.9. The van der Waals surface area contributed by atoms with Crippen LogP contribution in [0.5, 0.6) is 0 Å². The minimum atomic E-state index is -0.810. The number of hydrogen-bond acceptors (Lipinski definition) is 6. The zero-order valence-electron chi connectivity index (χ0n) is 49.6. The number of carbonyl (C=O) groups is 3. The molecule has 0 spiro atoms. The molecule has 0 saturated heterocycles. The maximum absolute atomic E-state index is 12.9. The molecule has 0 aliphatic rings. The van der Waals surface area contributed by atoms with E-state index >= 15 is 0 Å². The van der Waals surface area contributed by atoms with Crippen molar-refractivity contribution in [1.29, 1.82) is 0 Å². The third kappa shape index (κ3) is 61.3. The lowest BCUT2D eigenvalue weighted by Gasteiger charge is -2.18. The Kier molecular flexibility index (Phi) is 60.3. The molecule has 0 radical (unpaired) electrons. The third-order valence-electron chi connectivity index (χ3n) is 13.9. The molecule has 1 unspecified atom stereocenters. The van der Waals surface area contributed by atoms with Gasteiger partial charge in [0.1, 0.15) is 13.2 Å². The summed E-state index contributed by atoms with van der Waals surface area (Å²) in [6, 6.07) is 0. The first-order chi connectivity index (χ1) is 37.0. The summed E-state index contributed by atoms with van der Waals surface area (Å²) in [5.41, 5.74) is 0. The van der Waals surface area contributed by atoms with E-state index in [1.54, 1.807) is 0 Å². The Bertz CT molecular complexity index is 1430. The summed E-state index contributed by atoms with van der Waals surface area (Å²) in [6.45, 7) is 6.50. The van der Waals surface area contributed by atoms with Crippen molar-refractivity contribution in [3.8, 4) is 0 Å². The standard InChI is InChI=1S/C69H120O6/c1-4-7-10-13-16-19-22-25-28-31-32-33-34-35-36-39-41-44-47-50-53-56-59-62-68(71)74-65-66(75-69(72)63-60-57-54-51-48-45-42-38-30-27-24-21-18-15-12-9-6-3)64-73-67(70)61-58-55-52-49-46-43-40-37-29-26-23-20-17-14-11-8-5-2/h9,12,18,21,26-27,29-32,42,45,51,54,66H,4-8,10-11,13-17,19-20,22-25,28,33-41,43-44,46-50,52-53,55-65H2,1-3H3/b12-9-,21-18-,29-26-,30-27-,32-31-,45-42-,54-51-. The average Bonchev–Trinajstić information content (AvgIpc) is 3.41. The molecule has 0 aliphatic heterocycles. The molecule has 0 aliphatic carbocycles. The van der Waals surface area contributed by atoms with Crippen molar-refractivity contribution in [3.63, 3.8) is 0 Å². The summed E-state index contributed by atoms with van der Waals surface area (Å²) in [4.78, 5) is 38.3. The normalized spacial score (nSPS) is 12.6. The van der Waals surface area contributed by atoms with Crippen LogP contribution in [0, 0.1) is 0 Å². The largest absolute Gasteiger partial charge is 0.462 e. The molecule has 0 amide bonds. The quantitative estimate of drug-likeness (QED) is 0.0261. The van der Waals surface area contributed by atoms with Crippen molar-refractivity contribution in [2.75, 3.05) is 13.2 Å². The van der Waals surface area contributed by atoms with Crippen LogP contribution in [0.4, 0.5) is 0 Å². The number of carbonyl (C=O) groups excluding carboxylic acids is 3. The van der Waals surface area contributed by atoms with Gasteiger partial charge in [0.15, 0.2) is 6.10 Å². The fourth-order valence-electron chi connectivity index (χ4n) is 9.06. The summed E-state index contributed by atoms with van der Waals surface area (Å²) in [7, 11) is 0. The predicted molar refractivity (Wildman–Crippen MR) is 325 cm³/mol. The van der Waals surface area contributed by atoms with Gasteiger partial charge in [-0.05, 0) is 109 Å². The number of ether oxygens (including phenoxy) is 3. The van der Waals surface area contributed by atoms with Crippen LogP contribution < -0.4 is 0 Å². The topological polar surface area (TPSA) is 78.9 Å². The van der Waals surface area contributed by atoms with E-state index < -0.39 is 6.10 Å². The second kappa shape index (κ2) is 63.1. The lowest BCUT2D eigenvalue weighted by Crippen LogP contribution is -2.30. The minimum absolute atomic E-state index is 0.0996. The van der Waals surface area contributed by atoms with Gasteiger partial charge in [-0.2, -0.15) is 0 Å². The van der Waals surface area contributed by atoms with Crippen molar-refractivity contribution in [3.05, 3.63) is 85.1 Å². The zero-order valence-corrected chi connectivity index (χ0v) is 49.6. The Morgan fingerprint density at radius 1 is 0.280 bits per heavy atom. The molecule has 0 bridgehead atoms. The van der Waals surface area contributed by atoms with Gasteiger partial charge in [-0.15, -0.1) is 0 Å². The van der Waals surface area contributed by atoms with Crippen molar-refractivity contribution >= 4 is 17.9 Å². The van der Waals surface area contributed by atoms with Crippen molar-refractivity contribution < 1.29 is 28.6 Å². The molecule has 432 valence electrons. The van der Waals surface area contributed by atoms with Gasteiger partial charge in [0, 0.05) is 19.3 Å². The molecule has 0 aromatic carbocycles. The number of esters is 3. The highest BCUT2D eigenvalue weighted by Crippen LogP contribution is 2.16. The lowest BCUT2D eigenvalue weighted by molar-refractivity contribution is -0.167. The van der Waals surface area contributed by atoms with Gasteiger partial charge >= 0.3 is 17.9 Å². The summed E-state index contributed by atoms with van der Waals surface area (Å²) >= 11 is 0. The van der Waals surface area contributed by atoms with Crippen LogP contribution in [-0.4, -0.2) is 37.2 Å². The van der Waals surface area contributed by atoms with Crippen molar-refractivity contribution in [1.82, 2.24) is 0 Å². The Balaban J connectivity index is 4.40. The summed E-state index contributed by atoms with van der Waals surface area (Å²) in [5, 5.41) is 0. The molecule has 0 heterocycles. The van der Waals surface area contributed by atoms with E-state index in [2.05, 4.69) is 106 Å². The molecular weight excluding hydrogens is 925 g/mol. The molecule has 0 aromatic rings. The van der Waals surface area contributed by atoms with E-state index in [0.717, 1.165) is 77.0 Å². The van der Waals surface area contributed by atoms with Gasteiger partial charge in [-0.1, -0.05) is 273 Å². The summed E-state index contributed by atoms with van der Waals surface area (Å²) in [5.74, 6) is -0.952. The molecule has 0 rings (SSSR count). The molecule has 0 fully saturated rings. The molecule has 6 heteroatoms. The number of allylic oxidation sites excluding steroid dienone is 14. The predicted octanol–water partition coefficient (Wildman–Crippen LogP) is 21.9. The Hall–Kier alpha value is -3.41. The molecule has 0 N–H and O–H groups in total. The molecular formula is C69H120O6. The molecule has 75 heavy (non-hydrogen) atoms. The monoisotopic (exact) mass is 1040 g/mol. The van der Waals surface area contributed by atoms with Gasteiger partial charge in [-0.3, -0.25) is 14.4 Å². The third-order valence-corrected chi connectivity index (χ3v) is 13.9.